The minimum atomic E-state index is 0.0930. The molecule has 2 rings (SSSR count). The zero-order valence-corrected chi connectivity index (χ0v) is 12.5. The van der Waals surface area contributed by atoms with Crippen LogP contribution in [-0.4, -0.2) is 18.6 Å². The summed E-state index contributed by atoms with van der Waals surface area (Å²) in [5.41, 5.74) is 2.17. The van der Waals surface area contributed by atoms with Crippen LogP contribution >= 0.6 is 11.6 Å². The summed E-state index contributed by atoms with van der Waals surface area (Å²) in [6.45, 7) is 1.41. The van der Waals surface area contributed by atoms with Crippen LogP contribution in [0, 0.1) is 0 Å². The molecule has 0 aromatic heterocycles. The largest absolute Gasteiger partial charge is 0.378 e. The number of ether oxygens (including phenoxy) is 1. The van der Waals surface area contributed by atoms with Gasteiger partial charge in [-0.3, -0.25) is 4.79 Å². The molecule has 1 saturated heterocycles. The van der Waals surface area contributed by atoms with Crippen molar-refractivity contribution >= 4 is 17.5 Å². The van der Waals surface area contributed by atoms with E-state index in [0.717, 1.165) is 37.0 Å². The number of nitrogens with one attached hydrogen (secondary N) is 1. The fourth-order valence-electron chi connectivity index (χ4n) is 2.44. The molecule has 110 valence electrons. The van der Waals surface area contributed by atoms with Crippen molar-refractivity contribution in [2.45, 2.75) is 50.6 Å². The molecule has 1 fully saturated rings. The lowest BCUT2D eigenvalue weighted by atomic mass is 10.0. The molecule has 1 aliphatic heterocycles. The zero-order valence-electron chi connectivity index (χ0n) is 11.7. The lowest BCUT2D eigenvalue weighted by Crippen LogP contribution is -2.26. The third-order valence-corrected chi connectivity index (χ3v) is 3.91. The molecule has 1 aromatic rings. The number of halogens is 1. The number of rotatable bonds is 6. The van der Waals surface area contributed by atoms with E-state index in [4.69, 9.17) is 16.3 Å². The Bertz CT molecular complexity index is 430. The molecule has 0 radical (unpaired) electrons. The first-order valence-electron chi connectivity index (χ1n) is 7.30. The molecular formula is C16H22ClNO2. The molecule has 1 heterocycles. The monoisotopic (exact) mass is 295 g/mol. The van der Waals surface area contributed by atoms with E-state index in [1.165, 1.54) is 6.42 Å². The number of alkyl halides is 1. The minimum absolute atomic E-state index is 0.0930. The van der Waals surface area contributed by atoms with E-state index in [1.54, 1.807) is 0 Å². The lowest BCUT2D eigenvalue weighted by Gasteiger charge is -2.22. The van der Waals surface area contributed by atoms with Crippen LogP contribution in [0.2, 0.25) is 0 Å². The van der Waals surface area contributed by atoms with Gasteiger partial charge in [0.1, 0.15) is 0 Å². The summed E-state index contributed by atoms with van der Waals surface area (Å²) in [6, 6.07) is 7.98. The standard InChI is InChI=1S/C16H22ClNO2/c17-11-13-4-3-5-14(10-13)12-18-16(19)8-7-15-6-1-2-9-20-15/h3-5,10,15H,1-2,6-9,11-12H2,(H,18,19). The van der Waals surface area contributed by atoms with E-state index < -0.39 is 0 Å². The molecular weight excluding hydrogens is 274 g/mol. The highest BCUT2D eigenvalue weighted by Crippen LogP contribution is 2.16. The van der Waals surface area contributed by atoms with Gasteiger partial charge in [0.15, 0.2) is 0 Å². The highest BCUT2D eigenvalue weighted by Gasteiger charge is 2.15. The van der Waals surface area contributed by atoms with E-state index >= 15 is 0 Å². The second-order valence-corrected chi connectivity index (χ2v) is 5.52. The van der Waals surface area contributed by atoms with E-state index in [0.29, 0.717) is 18.8 Å². The third kappa shape index (κ3) is 5.14. The Kier molecular flexibility index (Phi) is 6.34. The van der Waals surface area contributed by atoms with Gasteiger partial charge in [-0.15, -0.1) is 11.6 Å². The third-order valence-electron chi connectivity index (χ3n) is 3.60. The number of hydrogen-bond donors (Lipinski definition) is 1. The van der Waals surface area contributed by atoms with Gasteiger partial charge >= 0.3 is 0 Å². The maximum Gasteiger partial charge on any atom is 0.220 e. The van der Waals surface area contributed by atoms with Crippen molar-refractivity contribution in [2.24, 2.45) is 0 Å². The van der Waals surface area contributed by atoms with Crippen LogP contribution < -0.4 is 5.32 Å². The number of benzene rings is 1. The number of amides is 1. The van der Waals surface area contributed by atoms with Crippen LogP contribution in [0.25, 0.3) is 0 Å². The van der Waals surface area contributed by atoms with Gasteiger partial charge in [-0.2, -0.15) is 0 Å². The first-order valence-corrected chi connectivity index (χ1v) is 7.83. The average Bonchev–Trinajstić information content (AvgIpc) is 2.52. The Morgan fingerprint density at radius 2 is 2.20 bits per heavy atom. The molecule has 1 amide bonds. The highest BCUT2D eigenvalue weighted by atomic mass is 35.5. The van der Waals surface area contributed by atoms with Gasteiger partial charge in [0.05, 0.1) is 6.10 Å². The second kappa shape index (κ2) is 8.28. The van der Waals surface area contributed by atoms with Crippen LogP contribution in [0.15, 0.2) is 24.3 Å². The topological polar surface area (TPSA) is 38.3 Å². The normalized spacial score (nSPS) is 18.8. The van der Waals surface area contributed by atoms with Crippen molar-refractivity contribution in [3.63, 3.8) is 0 Å². The summed E-state index contributed by atoms with van der Waals surface area (Å²) in [4.78, 5) is 11.8. The van der Waals surface area contributed by atoms with Crippen LogP contribution in [0.5, 0.6) is 0 Å². The molecule has 1 aliphatic rings. The summed E-state index contributed by atoms with van der Waals surface area (Å²) in [5, 5.41) is 2.95. The Labute approximate surface area is 125 Å². The van der Waals surface area contributed by atoms with Gasteiger partial charge in [-0.25, -0.2) is 0 Å². The van der Waals surface area contributed by atoms with Crippen molar-refractivity contribution in [2.75, 3.05) is 6.61 Å². The number of carbonyl (C=O) groups is 1. The molecule has 3 nitrogen and oxygen atoms in total. The first kappa shape index (κ1) is 15.3. The van der Waals surface area contributed by atoms with Gasteiger partial charge in [0.25, 0.3) is 0 Å². The summed E-state index contributed by atoms with van der Waals surface area (Å²) < 4.78 is 5.63. The fraction of sp³-hybridized carbons (Fsp3) is 0.562. The summed E-state index contributed by atoms with van der Waals surface area (Å²) in [5.74, 6) is 0.594. The molecule has 0 spiro atoms. The molecule has 1 atom stereocenters. The molecule has 1 aromatic carbocycles. The molecule has 0 bridgehead atoms. The Morgan fingerprint density at radius 1 is 1.35 bits per heavy atom. The number of carbonyl (C=O) groups excluding carboxylic acids is 1. The predicted octanol–water partition coefficient (Wildman–Crippen LogP) is 3.39. The summed E-state index contributed by atoms with van der Waals surface area (Å²) in [7, 11) is 0. The van der Waals surface area contributed by atoms with Crippen LogP contribution in [0.4, 0.5) is 0 Å². The SMILES string of the molecule is O=C(CCC1CCCCO1)NCc1cccc(CCl)c1. The lowest BCUT2D eigenvalue weighted by molar-refractivity contribution is -0.122. The van der Waals surface area contributed by atoms with Crippen molar-refractivity contribution < 1.29 is 9.53 Å². The predicted molar refractivity (Wildman–Crippen MR) is 80.7 cm³/mol. The van der Waals surface area contributed by atoms with Gasteiger partial charge in [0.2, 0.25) is 5.91 Å². The smallest absolute Gasteiger partial charge is 0.220 e. The minimum Gasteiger partial charge on any atom is -0.378 e. The Hall–Kier alpha value is -1.06. The van der Waals surface area contributed by atoms with Crippen molar-refractivity contribution in [3.05, 3.63) is 35.4 Å². The summed E-state index contributed by atoms with van der Waals surface area (Å²) >= 11 is 5.80. The fourth-order valence-corrected chi connectivity index (χ4v) is 2.61. The molecule has 4 heteroatoms. The highest BCUT2D eigenvalue weighted by molar-refractivity contribution is 6.17. The second-order valence-electron chi connectivity index (χ2n) is 5.26. The van der Waals surface area contributed by atoms with E-state index in [-0.39, 0.29) is 12.0 Å². The molecule has 0 saturated carbocycles. The first-order chi connectivity index (χ1) is 9.78. The van der Waals surface area contributed by atoms with Crippen molar-refractivity contribution in [3.8, 4) is 0 Å². The van der Waals surface area contributed by atoms with Crippen molar-refractivity contribution in [1.82, 2.24) is 5.32 Å². The van der Waals surface area contributed by atoms with Crippen LogP contribution in [0.1, 0.15) is 43.2 Å². The Morgan fingerprint density at radius 3 is 2.95 bits per heavy atom. The van der Waals surface area contributed by atoms with Gasteiger partial charge in [-0.05, 0) is 36.8 Å². The van der Waals surface area contributed by atoms with Crippen LogP contribution in [-0.2, 0) is 22.0 Å². The van der Waals surface area contributed by atoms with E-state index in [1.807, 2.05) is 24.3 Å². The quantitative estimate of drug-likeness (QED) is 0.817. The molecule has 0 aliphatic carbocycles. The number of hydrogen-bond acceptors (Lipinski definition) is 2. The molecule has 20 heavy (non-hydrogen) atoms. The van der Waals surface area contributed by atoms with E-state index in [9.17, 15) is 4.79 Å². The van der Waals surface area contributed by atoms with Crippen molar-refractivity contribution in [1.29, 1.82) is 0 Å². The average molecular weight is 296 g/mol. The Balaban J connectivity index is 1.68. The zero-order chi connectivity index (χ0) is 14.2. The van der Waals surface area contributed by atoms with Gasteiger partial charge < -0.3 is 10.1 Å². The summed E-state index contributed by atoms with van der Waals surface area (Å²) in [6.07, 6.45) is 5.10. The molecule has 1 N–H and O–H groups in total. The maximum atomic E-state index is 11.8. The van der Waals surface area contributed by atoms with E-state index in [2.05, 4.69) is 5.32 Å². The van der Waals surface area contributed by atoms with Gasteiger partial charge in [0, 0.05) is 25.5 Å². The van der Waals surface area contributed by atoms with Crippen LogP contribution in [0.3, 0.4) is 0 Å². The van der Waals surface area contributed by atoms with Gasteiger partial charge in [-0.1, -0.05) is 24.3 Å². The maximum absolute atomic E-state index is 11.8. The molecule has 1 unspecified atom stereocenters.